The van der Waals surface area contributed by atoms with Gasteiger partial charge in [0.25, 0.3) is 0 Å². The Morgan fingerprint density at radius 3 is 2.71 bits per heavy atom. The summed E-state index contributed by atoms with van der Waals surface area (Å²) in [5.41, 5.74) is 1.45. The van der Waals surface area contributed by atoms with Crippen molar-refractivity contribution in [1.82, 2.24) is 9.97 Å². The lowest BCUT2D eigenvalue weighted by atomic mass is 10.4. The molecule has 0 aliphatic rings. The Kier molecular flexibility index (Phi) is 4.68. The van der Waals surface area contributed by atoms with E-state index in [1.54, 1.807) is 20.0 Å². The van der Waals surface area contributed by atoms with Gasteiger partial charge < -0.3 is 10.1 Å². The van der Waals surface area contributed by atoms with Gasteiger partial charge in [-0.05, 0) is 13.8 Å². The molecule has 0 aliphatic carbocycles. The van der Waals surface area contributed by atoms with Crippen LogP contribution in [0.3, 0.4) is 0 Å². The quantitative estimate of drug-likeness (QED) is 0.812. The Balaban J connectivity index is 2.29. The van der Waals surface area contributed by atoms with Crippen molar-refractivity contribution in [3.05, 3.63) is 17.6 Å². The van der Waals surface area contributed by atoms with Gasteiger partial charge in [-0.2, -0.15) is 13.2 Å². The minimum atomic E-state index is -4.28. The van der Waals surface area contributed by atoms with Crippen molar-refractivity contribution in [2.45, 2.75) is 20.0 Å². The van der Waals surface area contributed by atoms with Gasteiger partial charge >= 0.3 is 6.18 Å². The molecule has 0 aliphatic heterocycles. The first kappa shape index (κ1) is 13.7. The van der Waals surface area contributed by atoms with Crippen LogP contribution in [-0.4, -0.2) is 35.9 Å². The fourth-order valence-corrected chi connectivity index (χ4v) is 1.13. The number of rotatable bonds is 5. The standard InChI is InChI=1S/C10H14F3N3O/c1-7-5-15-8(2)9(16-7)14-3-4-17-6-10(11,12)13/h5H,3-4,6H2,1-2H3,(H,14,16). The zero-order valence-electron chi connectivity index (χ0n) is 9.64. The van der Waals surface area contributed by atoms with Gasteiger partial charge in [0.05, 0.1) is 18.0 Å². The van der Waals surface area contributed by atoms with Crippen molar-refractivity contribution in [2.75, 3.05) is 25.1 Å². The largest absolute Gasteiger partial charge is 0.411 e. The van der Waals surface area contributed by atoms with E-state index in [9.17, 15) is 13.2 Å². The number of hydrogen-bond acceptors (Lipinski definition) is 4. The Bertz CT molecular complexity index is 368. The zero-order chi connectivity index (χ0) is 12.9. The zero-order valence-corrected chi connectivity index (χ0v) is 9.64. The Hall–Kier alpha value is -1.37. The molecule has 1 N–H and O–H groups in total. The van der Waals surface area contributed by atoms with Crippen molar-refractivity contribution in [3.8, 4) is 0 Å². The van der Waals surface area contributed by atoms with E-state index < -0.39 is 12.8 Å². The summed E-state index contributed by atoms with van der Waals surface area (Å²) in [6, 6.07) is 0. The molecule has 0 spiro atoms. The summed E-state index contributed by atoms with van der Waals surface area (Å²) in [5.74, 6) is 0.570. The summed E-state index contributed by atoms with van der Waals surface area (Å²) in [7, 11) is 0. The molecule has 7 heteroatoms. The lowest BCUT2D eigenvalue weighted by Crippen LogP contribution is -2.20. The maximum absolute atomic E-state index is 11.8. The van der Waals surface area contributed by atoms with E-state index in [0.29, 0.717) is 11.5 Å². The third-order valence-electron chi connectivity index (χ3n) is 1.88. The number of aryl methyl sites for hydroxylation is 2. The van der Waals surface area contributed by atoms with E-state index in [1.807, 2.05) is 0 Å². The first-order valence-electron chi connectivity index (χ1n) is 5.07. The van der Waals surface area contributed by atoms with E-state index in [1.165, 1.54) is 0 Å². The van der Waals surface area contributed by atoms with Gasteiger partial charge in [0.2, 0.25) is 0 Å². The Morgan fingerprint density at radius 2 is 2.06 bits per heavy atom. The van der Waals surface area contributed by atoms with Crippen LogP contribution in [-0.2, 0) is 4.74 Å². The van der Waals surface area contributed by atoms with Gasteiger partial charge in [-0.3, -0.25) is 4.98 Å². The summed E-state index contributed by atoms with van der Waals surface area (Å²) in [6.07, 6.45) is -2.65. The summed E-state index contributed by atoms with van der Waals surface area (Å²) >= 11 is 0. The van der Waals surface area contributed by atoms with Crippen molar-refractivity contribution >= 4 is 5.82 Å². The van der Waals surface area contributed by atoms with Crippen LogP contribution in [0.25, 0.3) is 0 Å². The highest BCUT2D eigenvalue weighted by atomic mass is 19.4. The maximum Gasteiger partial charge on any atom is 0.411 e. The van der Waals surface area contributed by atoms with Gasteiger partial charge in [-0.15, -0.1) is 0 Å². The smallest absolute Gasteiger partial charge is 0.370 e. The molecule has 1 aromatic heterocycles. The molecule has 0 aromatic carbocycles. The van der Waals surface area contributed by atoms with Crippen LogP contribution in [0.2, 0.25) is 0 Å². The molecule has 96 valence electrons. The van der Waals surface area contributed by atoms with E-state index >= 15 is 0 Å². The molecule has 0 atom stereocenters. The van der Waals surface area contributed by atoms with Gasteiger partial charge in [0.1, 0.15) is 12.4 Å². The van der Waals surface area contributed by atoms with Gasteiger partial charge in [-0.1, -0.05) is 0 Å². The first-order valence-corrected chi connectivity index (χ1v) is 5.07. The lowest BCUT2D eigenvalue weighted by Gasteiger charge is -2.10. The van der Waals surface area contributed by atoms with Crippen molar-refractivity contribution < 1.29 is 17.9 Å². The van der Waals surface area contributed by atoms with E-state index in [2.05, 4.69) is 20.0 Å². The molecule has 1 rings (SSSR count). The molecule has 0 amide bonds. The average molecular weight is 249 g/mol. The number of alkyl halides is 3. The highest BCUT2D eigenvalue weighted by Crippen LogP contribution is 2.14. The average Bonchev–Trinajstić information content (AvgIpc) is 2.21. The highest BCUT2D eigenvalue weighted by molar-refractivity contribution is 5.39. The fourth-order valence-electron chi connectivity index (χ4n) is 1.13. The molecule has 0 saturated carbocycles. The minimum Gasteiger partial charge on any atom is -0.370 e. The second kappa shape index (κ2) is 5.81. The van der Waals surface area contributed by atoms with E-state index in [0.717, 1.165) is 5.69 Å². The molecule has 1 heterocycles. The SMILES string of the molecule is Cc1cnc(C)c(NCCOCC(F)(F)F)n1. The number of halogens is 3. The number of nitrogens with one attached hydrogen (secondary N) is 1. The number of anilines is 1. The van der Waals surface area contributed by atoms with Crippen LogP contribution in [0, 0.1) is 13.8 Å². The number of ether oxygens (including phenoxy) is 1. The number of hydrogen-bond donors (Lipinski definition) is 1. The third kappa shape index (κ3) is 5.48. The Labute approximate surface area is 97.2 Å². The Morgan fingerprint density at radius 1 is 1.35 bits per heavy atom. The second-order valence-corrected chi connectivity index (χ2v) is 3.54. The molecule has 0 fully saturated rings. The normalized spacial score (nSPS) is 11.6. The fraction of sp³-hybridized carbons (Fsp3) is 0.600. The summed E-state index contributed by atoms with van der Waals surface area (Å²) in [4.78, 5) is 8.24. The molecule has 0 radical (unpaired) electrons. The van der Waals surface area contributed by atoms with Crippen LogP contribution in [0.1, 0.15) is 11.4 Å². The highest BCUT2D eigenvalue weighted by Gasteiger charge is 2.27. The van der Waals surface area contributed by atoms with Crippen LogP contribution in [0.5, 0.6) is 0 Å². The maximum atomic E-state index is 11.8. The number of aromatic nitrogens is 2. The van der Waals surface area contributed by atoms with Crippen LogP contribution >= 0.6 is 0 Å². The molecule has 1 aromatic rings. The van der Waals surface area contributed by atoms with Crippen LogP contribution in [0.4, 0.5) is 19.0 Å². The van der Waals surface area contributed by atoms with Gasteiger partial charge in [0, 0.05) is 12.7 Å². The van der Waals surface area contributed by atoms with E-state index in [-0.39, 0.29) is 13.2 Å². The third-order valence-corrected chi connectivity index (χ3v) is 1.88. The molecular formula is C10H14F3N3O. The van der Waals surface area contributed by atoms with Crippen molar-refractivity contribution in [3.63, 3.8) is 0 Å². The van der Waals surface area contributed by atoms with Crippen molar-refractivity contribution in [1.29, 1.82) is 0 Å². The number of nitrogens with zero attached hydrogens (tertiary/aromatic N) is 2. The predicted molar refractivity (Wildman–Crippen MR) is 56.9 cm³/mol. The second-order valence-electron chi connectivity index (χ2n) is 3.54. The summed E-state index contributed by atoms with van der Waals surface area (Å²) in [6.45, 7) is 2.56. The monoisotopic (exact) mass is 249 g/mol. The topological polar surface area (TPSA) is 47.0 Å². The predicted octanol–water partition coefficient (Wildman–Crippen LogP) is 2.08. The van der Waals surface area contributed by atoms with E-state index in [4.69, 9.17) is 0 Å². The van der Waals surface area contributed by atoms with Crippen LogP contribution < -0.4 is 5.32 Å². The molecule has 0 saturated heterocycles. The molecular weight excluding hydrogens is 235 g/mol. The van der Waals surface area contributed by atoms with Gasteiger partial charge in [-0.25, -0.2) is 4.98 Å². The minimum absolute atomic E-state index is 0.0332. The van der Waals surface area contributed by atoms with Crippen LogP contribution in [0.15, 0.2) is 6.20 Å². The summed E-state index contributed by atoms with van der Waals surface area (Å²) < 4.78 is 39.7. The first-order chi connectivity index (χ1) is 7.88. The summed E-state index contributed by atoms with van der Waals surface area (Å²) in [5, 5.41) is 2.87. The molecule has 17 heavy (non-hydrogen) atoms. The van der Waals surface area contributed by atoms with Gasteiger partial charge in [0.15, 0.2) is 0 Å². The lowest BCUT2D eigenvalue weighted by molar-refractivity contribution is -0.172. The van der Waals surface area contributed by atoms with Crippen molar-refractivity contribution in [2.24, 2.45) is 0 Å². The molecule has 0 unspecified atom stereocenters. The molecule has 0 bridgehead atoms. The molecule has 4 nitrogen and oxygen atoms in total.